The standard InChI is InChI=1S/C19H22O4S/c1-19(2,3)18-16(23-13-14-12-22-14)10-7-11-17(18)24(20,21)15-8-5-4-6-9-15/h4-11,14H,12-13H2,1-3H3. The topological polar surface area (TPSA) is 55.9 Å². The second-order valence-electron chi connectivity index (χ2n) is 6.96. The van der Waals surface area contributed by atoms with Gasteiger partial charge in [-0.05, 0) is 29.7 Å². The van der Waals surface area contributed by atoms with E-state index in [4.69, 9.17) is 9.47 Å². The lowest BCUT2D eigenvalue weighted by Crippen LogP contribution is -2.20. The Morgan fingerprint density at radius 3 is 2.33 bits per heavy atom. The van der Waals surface area contributed by atoms with Crippen molar-refractivity contribution < 1.29 is 17.9 Å². The van der Waals surface area contributed by atoms with Crippen LogP contribution in [0.4, 0.5) is 0 Å². The van der Waals surface area contributed by atoms with Crippen LogP contribution >= 0.6 is 0 Å². The normalized spacial score (nSPS) is 17.5. The zero-order valence-electron chi connectivity index (χ0n) is 14.2. The number of benzene rings is 2. The zero-order valence-corrected chi connectivity index (χ0v) is 15.0. The summed E-state index contributed by atoms with van der Waals surface area (Å²) in [6.07, 6.45) is 0.118. The van der Waals surface area contributed by atoms with Crippen molar-refractivity contribution in [2.45, 2.75) is 42.1 Å². The minimum atomic E-state index is -3.61. The minimum Gasteiger partial charge on any atom is -0.490 e. The SMILES string of the molecule is CC(C)(C)c1c(OCC2CO2)cccc1S(=O)(=O)c1ccccc1. The molecule has 0 aromatic heterocycles. The molecule has 2 aromatic carbocycles. The van der Waals surface area contributed by atoms with Gasteiger partial charge in [0.25, 0.3) is 0 Å². The number of rotatable bonds is 5. The maximum absolute atomic E-state index is 13.1. The van der Waals surface area contributed by atoms with Crippen LogP contribution in [0, 0.1) is 0 Å². The lowest BCUT2D eigenvalue weighted by Gasteiger charge is -2.26. The summed E-state index contributed by atoms with van der Waals surface area (Å²) in [5.41, 5.74) is 0.326. The van der Waals surface area contributed by atoms with E-state index in [9.17, 15) is 8.42 Å². The van der Waals surface area contributed by atoms with E-state index < -0.39 is 9.84 Å². The fourth-order valence-electron chi connectivity index (χ4n) is 2.67. The Labute approximate surface area is 143 Å². The number of sulfone groups is 1. The van der Waals surface area contributed by atoms with Gasteiger partial charge < -0.3 is 9.47 Å². The van der Waals surface area contributed by atoms with Gasteiger partial charge in [0.1, 0.15) is 18.5 Å². The van der Waals surface area contributed by atoms with Crippen molar-refractivity contribution in [2.24, 2.45) is 0 Å². The number of hydrogen-bond donors (Lipinski definition) is 0. The molecule has 128 valence electrons. The summed E-state index contributed by atoms with van der Waals surface area (Å²) < 4.78 is 37.3. The van der Waals surface area contributed by atoms with Gasteiger partial charge in [-0.25, -0.2) is 8.42 Å². The average Bonchev–Trinajstić information content (AvgIpc) is 3.37. The van der Waals surface area contributed by atoms with Crippen LogP contribution in [0.3, 0.4) is 0 Å². The molecule has 5 heteroatoms. The molecule has 1 aliphatic heterocycles. The molecule has 0 N–H and O–H groups in total. The summed E-state index contributed by atoms with van der Waals surface area (Å²) in [5, 5.41) is 0. The molecule has 1 saturated heterocycles. The van der Waals surface area contributed by atoms with Crippen LogP contribution in [-0.4, -0.2) is 27.7 Å². The molecule has 4 nitrogen and oxygen atoms in total. The van der Waals surface area contributed by atoms with Crippen molar-refractivity contribution in [3.63, 3.8) is 0 Å². The van der Waals surface area contributed by atoms with Crippen molar-refractivity contribution >= 4 is 9.84 Å². The van der Waals surface area contributed by atoms with E-state index in [-0.39, 0.29) is 16.4 Å². The highest BCUT2D eigenvalue weighted by atomic mass is 32.2. The maximum Gasteiger partial charge on any atom is 0.207 e. The summed E-state index contributed by atoms with van der Waals surface area (Å²) >= 11 is 0. The minimum absolute atomic E-state index is 0.118. The Kier molecular flexibility index (Phi) is 4.40. The summed E-state index contributed by atoms with van der Waals surface area (Å²) in [5.74, 6) is 0.606. The average molecular weight is 346 g/mol. The van der Waals surface area contributed by atoms with Crippen molar-refractivity contribution in [3.05, 3.63) is 54.1 Å². The highest BCUT2D eigenvalue weighted by Crippen LogP contribution is 2.39. The van der Waals surface area contributed by atoms with E-state index in [2.05, 4.69) is 0 Å². The molecule has 1 aliphatic rings. The summed E-state index contributed by atoms with van der Waals surface area (Å²) in [4.78, 5) is 0.591. The molecule has 1 heterocycles. The molecule has 0 amide bonds. The molecular weight excluding hydrogens is 324 g/mol. The molecule has 1 unspecified atom stereocenters. The summed E-state index contributed by atoms with van der Waals surface area (Å²) in [6, 6.07) is 13.7. The molecular formula is C19H22O4S. The quantitative estimate of drug-likeness (QED) is 0.776. The van der Waals surface area contributed by atoms with Crippen LogP contribution in [-0.2, 0) is 20.0 Å². The molecule has 1 atom stereocenters. The van der Waals surface area contributed by atoms with E-state index in [1.165, 1.54) is 0 Å². The number of epoxide rings is 1. The summed E-state index contributed by atoms with van der Waals surface area (Å²) in [6.45, 7) is 7.12. The fourth-order valence-corrected chi connectivity index (χ4v) is 4.37. The van der Waals surface area contributed by atoms with Gasteiger partial charge in [-0.2, -0.15) is 0 Å². The highest BCUT2D eigenvalue weighted by molar-refractivity contribution is 7.91. The maximum atomic E-state index is 13.1. The van der Waals surface area contributed by atoms with Crippen LogP contribution in [0.5, 0.6) is 5.75 Å². The van der Waals surface area contributed by atoms with Crippen LogP contribution < -0.4 is 4.74 Å². The lowest BCUT2D eigenvalue weighted by atomic mass is 9.86. The first-order valence-electron chi connectivity index (χ1n) is 7.98. The van der Waals surface area contributed by atoms with Gasteiger partial charge >= 0.3 is 0 Å². The van der Waals surface area contributed by atoms with Crippen molar-refractivity contribution in [1.82, 2.24) is 0 Å². The predicted octanol–water partition coefficient (Wildman–Crippen LogP) is 3.59. The molecule has 0 bridgehead atoms. The molecule has 0 radical (unpaired) electrons. The Morgan fingerprint density at radius 2 is 1.75 bits per heavy atom. The van der Waals surface area contributed by atoms with E-state index in [0.29, 0.717) is 29.4 Å². The Balaban J connectivity index is 2.11. The van der Waals surface area contributed by atoms with Gasteiger partial charge in [-0.3, -0.25) is 0 Å². The van der Waals surface area contributed by atoms with Gasteiger partial charge in [0.2, 0.25) is 9.84 Å². The van der Waals surface area contributed by atoms with Crippen LogP contribution in [0.2, 0.25) is 0 Å². The first-order valence-corrected chi connectivity index (χ1v) is 9.46. The lowest BCUT2D eigenvalue weighted by molar-refractivity contribution is 0.257. The van der Waals surface area contributed by atoms with Crippen LogP contribution in [0.25, 0.3) is 0 Å². The van der Waals surface area contributed by atoms with E-state index in [1.807, 2.05) is 26.8 Å². The third-order valence-corrected chi connectivity index (χ3v) is 5.72. The fraction of sp³-hybridized carbons (Fsp3) is 0.368. The van der Waals surface area contributed by atoms with E-state index in [0.717, 1.165) is 0 Å². The Morgan fingerprint density at radius 1 is 1.08 bits per heavy atom. The van der Waals surface area contributed by atoms with Gasteiger partial charge in [0.05, 0.1) is 16.4 Å². The van der Waals surface area contributed by atoms with Gasteiger partial charge in [0.15, 0.2) is 0 Å². The van der Waals surface area contributed by atoms with Crippen molar-refractivity contribution in [1.29, 1.82) is 0 Å². The predicted molar refractivity (Wildman–Crippen MR) is 92.3 cm³/mol. The van der Waals surface area contributed by atoms with Crippen LogP contribution in [0.15, 0.2) is 58.3 Å². The molecule has 2 aromatic rings. The first-order chi connectivity index (χ1) is 11.3. The molecule has 1 fully saturated rings. The second kappa shape index (κ2) is 6.22. The molecule has 0 spiro atoms. The molecule has 3 rings (SSSR count). The highest BCUT2D eigenvalue weighted by Gasteiger charge is 2.31. The van der Waals surface area contributed by atoms with E-state index in [1.54, 1.807) is 42.5 Å². The van der Waals surface area contributed by atoms with Crippen molar-refractivity contribution in [3.8, 4) is 5.75 Å². The second-order valence-corrected chi connectivity index (χ2v) is 8.88. The van der Waals surface area contributed by atoms with Gasteiger partial charge in [-0.15, -0.1) is 0 Å². The summed E-state index contributed by atoms with van der Waals surface area (Å²) in [7, 11) is -3.61. The monoisotopic (exact) mass is 346 g/mol. The van der Waals surface area contributed by atoms with Gasteiger partial charge in [-0.1, -0.05) is 45.0 Å². The van der Waals surface area contributed by atoms with Crippen LogP contribution in [0.1, 0.15) is 26.3 Å². The van der Waals surface area contributed by atoms with Gasteiger partial charge in [0, 0.05) is 5.56 Å². The number of ether oxygens (including phenoxy) is 2. The zero-order chi connectivity index (χ0) is 17.4. The molecule has 0 saturated carbocycles. The largest absolute Gasteiger partial charge is 0.490 e. The van der Waals surface area contributed by atoms with Crippen molar-refractivity contribution in [2.75, 3.05) is 13.2 Å². The Bertz CT molecular complexity index is 816. The third-order valence-electron chi connectivity index (χ3n) is 3.91. The molecule has 0 aliphatic carbocycles. The van der Waals surface area contributed by atoms with E-state index >= 15 is 0 Å². The number of hydrogen-bond acceptors (Lipinski definition) is 4. The third kappa shape index (κ3) is 3.47. The molecule has 24 heavy (non-hydrogen) atoms. The Hall–Kier alpha value is -1.85. The smallest absolute Gasteiger partial charge is 0.207 e. The first kappa shape index (κ1) is 17.0.